The fraction of sp³-hybridized carbons (Fsp3) is 0.167. The molecule has 0 aliphatic carbocycles. The number of rotatable bonds is 4. The molecule has 6 heteroatoms. The average molecular weight is 249 g/mol. The SMILES string of the molecule is O=C(NC[C@H](O)C(=O)O)c1coc2ccccc12. The molecule has 18 heavy (non-hydrogen) atoms. The maximum absolute atomic E-state index is 11.8. The van der Waals surface area contributed by atoms with Crippen molar-refractivity contribution in [3.63, 3.8) is 0 Å². The number of hydrogen-bond acceptors (Lipinski definition) is 4. The Hall–Kier alpha value is -2.34. The Balaban J connectivity index is 2.12. The maximum Gasteiger partial charge on any atom is 0.334 e. The van der Waals surface area contributed by atoms with Crippen LogP contribution in [0.3, 0.4) is 0 Å². The van der Waals surface area contributed by atoms with E-state index >= 15 is 0 Å². The first kappa shape index (κ1) is 12.1. The van der Waals surface area contributed by atoms with Gasteiger partial charge in [0.1, 0.15) is 11.8 Å². The molecule has 0 aliphatic rings. The van der Waals surface area contributed by atoms with Crippen LogP contribution in [0, 0.1) is 0 Å². The Morgan fingerprint density at radius 2 is 2.06 bits per heavy atom. The van der Waals surface area contributed by atoms with Crippen molar-refractivity contribution < 1.29 is 24.2 Å². The molecular weight excluding hydrogens is 238 g/mol. The molecule has 0 saturated carbocycles. The molecule has 0 saturated heterocycles. The number of aliphatic hydroxyl groups excluding tert-OH is 1. The van der Waals surface area contributed by atoms with Crippen molar-refractivity contribution in [1.82, 2.24) is 5.32 Å². The summed E-state index contributed by atoms with van der Waals surface area (Å²) in [5, 5.41) is 20.5. The summed E-state index contributed by atoms with van der Waals surface area (Å²) in [6.45, 7) is -0.353. The first-order valence-corrected chi connectivity index (χ1v) is 5.25. The summed E-state index contributed by atoms with van der Waals surface area (Å²) in [5.74, 6) is -1.87. The van der Waals surface area contributed by atoms with Gasteiger partial charge in [0.25, 0.3) is 5.91 Å². The molecule has 0 fully saturated rings. The Bertz CT molecular complexity index is 589. The number of nitrogens with one attached hydrogen (secondary N) is 1. The van der Waals surface area contributed by atoms with Crippen molar-refractivity contribution in [3.8, 4) is 0 Å². The van der Waals surface area contributed by atoms with Crippen LogP contribution in [0.4, 0.5) is 0 Å². The normalized spacial score (nSPS) is 12.3. The second-order valence-electron chi connectivity index (χ2n) is 3.71. The molecule has 1 aromatic heterocycles. The largest absolute Gasteiger partial charge is 0.479 e. The second-order valence-corrected chi connectivity index (χ2v) is 3.71. The summed E-state index contributed by atoms with van der Waals surface area (Å²) in [5.41, 5.74) is 0.879. The molecule has 0 bridgehead atoms. The van der Waals surface area contributed by atoms with Gasteiger partial charge in [0, 0.05) is 5.39 Å². The zero-order valence-corrected chi connectivity index (χ0v) is 9.29. The lowest BCUT2D eigenvalue weighted by molar-refractivity contribution is -0.146. The van der Waals surface area contributed by atoms with E-state index in [1.807, 2.05) is 0 Å². The highest BCUT2D eigenvalue weighted by molar-refractivity contribution is 6.05. The van der Waals surface area contributed by atoms with Gasteiger partial charge in [0.2, 0.25) is 0 Å². The topological polar surface area (TPSA) is 99.8 Å². The standard InChI is InChI=1S/C12H11NO5/c14-9(12(16)17)5-13-11(15)8-6-18-10-4-2-1-3-7(8)10/h1-4,6,9,14H,5H2,(H,13,15)(H,16,17)/t9-/m0/s1. The Morgan fingerprint density at radius 1 is 1.33 bits per heavy atom. The number of aliphatic hydroxyl groups is 1. The zero-order chi connectivity index (χ0) is 13.1. The lowest BCUT2D eigenvalue weighted by atomic mass is 10.1. The first-order valence-electron chi connectivity index (χ1n) is 5.25. The lowest BCUT2D eigenvalue weighted by Gasteiger charge is -2.06. The van der Waals surface area contributed by atoms with Crippen molar-refractivity contribution in [2.24, 2.45) is 0 Å². The van der Waals surface area contributed by atoms with Gasteiger partial charge < -0.3 is 19.9 Å². The molecule has 94 valence electrons. The third kappa shape index (κ3) is 2.33. The molecule has 1 aromatic carbocycles. The number of carboxylic acid groups (broad SMARTS) is 1. The summed E-state index contributed by atoms with van der Waals surface area (Å²) < 4.78 is 5.18. The minimum atomic E-state index is -1.62. The van der Waals surface area contributed by atoms with Crippen LogP contribution < -0.4 is 5.32 Å². The summed E-state index contributed by atoms with van der Waals surface area (Å²) >= 11 is 0. The number of hydrogen-bond donors (Lipinski definition) is 3. The molecule has 1 heterocycles. The number of carbonyl (C=O) groups is 2. The van der Waals surface area contributed by atoms with Gasteiger partial charge in [-0.25, -0.2) is 4.79 Å². The molecule has 0 aliphatic heterocycles. The van der Waals surface area contributed by atoms with Gasteiger partial charge in [-0.3, -0.25) is 4.79 Å². The van der Waals surface area contributed by atoms with Crippen LogP contribution in [0.1, 0.15) is 10.4 Å². The van der Waals surface area contributed by atoms with Gasteiger partial charge in [0.05, 0.1) is 12.1 Å². The molecule has 0 unspecified atom stereocenters. The van der Waals surface area contributed by atoms with Crippen LogP contribution >= 0.6 is 0 Å². The lowest BCUT2D eigenvalue weighted by Crippen LogP contribution is -2.36. The van der Waals surface area contributed by atoms with Gasteiger partial charge in [-0.15, -0.1) is 0 Å². The predicted molar refractivity (Wildman–Crippen MR) is 62.2 cm³/mol. The third-order valence-electron chi connectivity index (χ3n) is 2.47. The summed E-state index contributed by atoms with van der Waals surface area (Å²) in [6, 6.07) is 6.99. The monoisotopic (exact) mass is 249 g/mol. The van der Waals surface area contributed by atoms with E-state index in [1.54, 1.807) is 24.3 Å². The minimum absolute atomic E-state index is 0.309. The maximum atomic E-state index is 11.8. The highest BCUT2D eigenvalue weighted by Crippen LogP contribution is 2.20. The number of para-hydroxylation sites is 1. The van der Waals surface area contributed by atoms with Crippen LogP contribution in [-0.4, -0.2) is 34.7 Å². The zero-order valence-electron chi connectivity index (χ0n) is 9.29. The van der Waals surface area contributed by atoms with Gasteiger partial charge in [0.15, 0.2) is 6.10 Å². The predicted octanol–water partition coefficient (Wildman–Crippen LogP) is 0.608. The highest BCUT2D eigenvalue weighted by Gasteiger charge is 2.17. The second kappa shape index (κ2) is 4.89. The van der Waals surface area contributed by atoms with E-state index in [1.165, 1.54) is 6.26 Å². The van der Waals surface area contributed by atoms with E-state index in [9.17, 15) is 9.59 Å². The molecule has 1 amide bonds. The number of fused-ring (bicyclic) bond motifs is 1. The van der Waals surface area contributed by atoms with E-state index in [-0.39, 0.29) is 6.54 Å². The van der Waals surface area contributed by atoms with Gasteiger partial charge in [-0.05, 0) is 6.07 Å². The van der Waals surface area contributed by atoms with Crippen molar-refractivity contribution in [3.05, 3.63) is 36.1 Å². The number of aliphatic carboxylic acids is 1. The molecule has 1 atom stereocenters. The number of carbonyl (C=O) groups excluding carboxylic acids is 1. The number of carboxylic acids is 1. The number of furan rings is 1. The van der Waals surface area contributed by atoms with Gasteiger partial charge in [-0.2, -0.15) is 0 Å². The van der Waals surface area contributed by atoms with E-state index < -0.39 is 18.0 Å². The van der Waals surface area contributed by atoms with Crippen molar-refractivity contribution >= 4 is 22.8 Å². The molecular formula is C12H11NO5. The van der Waals surface area contributed by atoms with Crippen molar-refractivity contribution in [1.29, 1.82) is 0 Å². The Labute approximate surface area is 102 Å². The fourth-order valence-electron chi connectivity index (χ4n) is 1.53. The van der Waals surface area contributed by atoms with Crippen molar-refractivity contribution in [2.75, 3.05) is 6.54 Å². The van der Waals surface area contributed by atoms with Gasteiger partial charge in [-0.1, -0.05) is 18.2 Å². The molecule has 2 aromatic rings. The van der Waals surface area contributed by atoms with E-state index in [2.05, 4.69) is 5.32 Å². The van der Waals surface area contributed by atoms with E-state index in [0.717, 1.165) is 0 Å². The Kier molecular flexibility index (Phi) is 3.29. The smallest absolute Gasteiger partial charge is 0.334 e. The van der Waals surface area contributed by atoms with Crippen LogP contribution in [0.2, 0.25) is 0 Å². The molecule has 0 radical (unpaired) electrons. The highest BCUT2D eigenvalue weighted by atomic mass is 16.4. The summed E-state index contributed by atoms with van der Waals surface area (Å²) in [6.07, 6.45) is -0.320. The van der Waals surface area contributed by atoms with Gasteiger partial charge >= 0.3 is 5.97 Å². The van der Waals surface area contributed by atoms with E-state index in [0.29, 0.717) is 16.5 Å². The number of amides is 1. The fourth-order valence-corrected chi connectivity index (χ4v) is 1.53. The molecule has 6 nitrogen and oxygen atoms in total. The van der Waals surface area contributed by atoms with Crippen LogP contribution in [0.25, 0.3) is 11.0 Å². The van der Waals surface area contributed by atoms with Crippen LogP contribution in [0.5, 0.6) is 0 Å². The average Bonchev–Trinajstić information content (AvgIpc) is 2.79. The number of benzene rings is 1. The first-order chi connectivity index (χ1) is 8.59. The quantitative estimate of drug-likeness (QED) is 0.737. The third-order valence-corrected chi connectivity index (χ3v) is 2.47. The summed E-state index contributed by atoms with van der Waals surface area (Å²) in [7, 11) is 0. The van der Waals surface area contributed by atoms with Crippen molar-refractivity contribution in [2.45, 2.75) is 6.10 Å². The molecule has 0 spiro atoms. The molecule has 3 N–H and O–H groups in total. The van der Waals surface area contributed by atoms with E-state index in [4.69, 9.17) is 14.6 Å². The summed E-state index contributed by atoms with van der Waals surface area (Å²) in [4.78, 5) is 22.2. The van der Waals surface area contributed by atoms with Crippen LogP contribution in [-0.2, 0) is 4.79 Å². The molecule has 2 rings (SSSR count). The minimum Gasteiger partial charge on any atom is -0.479 e. The van der Waals surface area contributed by atoms with Crippen LogP contribution in [0.15, 0.2) is 34.9 Å². The Morgan fingerprint density at radius 3 is 2.78 bits per heavy atom.